The number of esters is 1. The van der Waals surface area contributed by atoms with Crippen molar-refractivity contribution in [2.45, 2.75) is 57.1 Å². The molecule has 1 heterocycles. The highest BCUT2D eigenvalue weighted by Gasteiger charge is 2.46. The molecule has 5 atom stereocenters. The minimum atomic E-state index is -0.964. The summed E-state index contributed by atoms with van der Waals surface area (Å²) < 4.78 is 24.0. The van der Waals surface area contributed by atoms with Crippen molar-refractivity contribution < 1.29 is 28.8 Å². The van der Waals surface area contributed by atoms with Gasteiger partial charge in [-0.2, -0.15) is 0 Å². The lowest BCUT2D eigenvalue weighted by atomic mass is 9.90. The molecule has 3 aromatic rings. The smallest absolute Gasteiger partial charge is 0.302 e. The number of carbonyl (C=O) groups excluding carboxylic acids is 1. The van der Waals surface area contributed by atoms with E-state index >= 15 is 0 Å². The molecule has 1 aliphatic rings. The first-order valence-electron chi connectivity index (χ1n) is 12.6. The number of hydrogen-bond acceptors (Lipinski definition) is 7. The van der Waals surface area contributed by atoms with Gasteiger partial charge in [0.05, 0.1) is 38.5 Å². The number of aliphatic hydroxyl groups is 1. The minimum Gasteiger partial charge on any atom is -0.464 e. The molecule has 7 nitrogen and oxygen atoms in total. The fourth-order valence-electron chi connectivity index (χ4n) is 4.43. The van der Waals surface area contributed by atoms with Crippen molar-refractivity contribution in [3.8, 4) is 0 Å². The van der Waals surface area contributed by atoms with Crippen LogP contribution in [-0.4, -0.2) is 54.7 Å². The summed E-state index contributed by atoms with van der Waals surface area (Å²) in [5.74, 6) is -0.407. The van der Waals surface area contributed by atoms with E-state index in [1.807, 2.05) is 91.0 Å². The van der Waals surface area contributed by atoms with Crippen LogP contribution in [0.15, 0.2) is 91.0 Å². The van der Waals surface area contributed by atoms with E-state index in [4.69, 9.17) is 18.9 Å². The molecule has 0 bridgehead atoms. The van der Waals surface area contributed by atoms with Gasteiger partial charge in [-0.15, -0.1) is 0 Å². The van der Waals surface area contributed by atoms with Gasteiger partial charge in [0.1, 0.15) is 24.9 Å². The molecule has 0 spiro atoms. The lowest BCUT2D eigenvalue weighted by molar-refractivity contribution is -0.184. The van der Waals surface area contributed by atoms with E-state index in [1.54, 1.807) is 0 Å². The van der Waals surface area contributed by atoms with E-state index in [1.165, 1.54) is 6.92 Å². The number of piperidine rings is 1. The van der Waals surface area contributed by atoms with Crippen LogP contribution in [0.4, 0.5) is 0 Å². The quantitative estimate of drug-likeness (QED) is 0.364. The zero-order chi connectivity index (χ0) is 25.9. The Kier molecular flexibility index (Phi) is 10.2. The Morgan fingerprint density at radius 1 is 0.703 bits per heavy atom. The molecule has 2 N–H and O–H groups in total. The number of ether oxygens (including phenoxy) is 4. The highest BCUT2D eigenvalue weighted by molar-refractivity contribution is 5.65. The van der Waals surface area contributed by atoms with Gasteiger partial charge in [-0.1, -0.05) is 91.0 Å². The molecule has 1 aliphatic heterocycles. The minimum absolute atomic E-state index is 0.0162. The summed E-state index contributed by atoms with van der Waals surface area (Å²) in [6.45, 7) is 2.80. The summed E-state index contributed by atoms with van der Waals surface area (Å²) in [4.78, 5) is 11.5. The third-order valence-corrected chi connectivity index (χ3v) is 6.34. The zero-order valence-corrected chi connectivity index (χ0v) is 21.1. The average molecular weight is 506 g/mol. The van der Waals surface area contributed by atoms with Gasteiger partial charge in [-0.25, -0.2) is 0 Å². The van der Waals surface area contributed by atoms with E-state index in [9.17, 15) is 9.90 Å². The van der Waals surface area contributed by atoms with Gasteiger partial charge in [-0.05, 0) is 16.7 Å². The summed E-state index contributed by atoms with van der Waals surface area (Å²) in [5.41, 5.74) is 3.07. The fourth-order valence-corrected chi connectivity index (χ4v) is 4.43. The number of nitrogens with one attached hydrogen (secondary N) is 1. The first-order valence-corrected chi connectivity index (χ1v) is 12.6. The Labute approximate surface area is 218 Å². The first-order chi connectivity index (χ1) is 18.1. The fraction of sp³-hybridized carbons (Fsp3) is 0.367. The van der Waals surface area contributed by atoms with Gasteiger partial charge in [0.15, 0.2) is 0 Å². The van der Waals surface area contributed by atoms with Gasteiger partial charge in [-0.3, -0.25) is 4.79 Å². The molecule has 5 unspecified atom stereocenters. The lowest BCUT2D eigenvalue weighted by Gasteiger charge is -2.45. The van der Waals surface area contributed by atoms with Crippen molar-refractivity contribution in [2.24, 2.45) is 0 Å². The van der Waals surface area contributed by atoms with Gasteiger partial charge in [0.2, 0.25) is 0 Å². The van der Waals surface area contributed by atoms with Crippen LogP contribution in [-0.2, 0) is 43.6 Å². The molecule has 4 rings (SSSR count). The second kappa shape index (κ2) is 14.0. The van der Waals surface area contributed by atoms with E-state index in [0.717, 1.165) is 16.7 Å². The number of rotatable bonds is 12. The van der Waals surface area contributed by atoms with Crippen LogP contribution >= 0.6 is 0 Å². The topological polar surface area (TPSA) is 86.3 Å². The zero-order valence-electron chi connectivity index (χ0n) is 21.1. The second-order valence-electron chi connectivity index (χ2n) is 9.20. The third kappa shape index (κ3) is 8.21. The Morgan fingerprint density at radius 3 is 1.70 bits per heavy atom. The standard InChI is InChI=1S/C30H35NO6/c1-22(32)35-21-26-28(33)30(37-19-25-15-9-4-10-16-25)29(36-18-24-13-7-3-8-14-24)27(31-26)20-34-17-23-11-5-2-6-12-23/h2-16,26-31,33H,17-21H2,1H3. The summed E-state index contributed by atoms with van der Waals surface area (Å²) in [7, 11) is 0. The van der Waals surface area contributed by atoms with Gasteiger partial charge in [0, 0.05) is 6.92 Å². The second-order valence-corrected chi connectivity index (χ2v) is 9.20. The molecule has 0 amide bonds. The van der Waals surface area contributed by atoms with Crippen molar-refractivity contribution in [1.82, 2.24) is 5.32 Å². The van der Waals surface area contributed by atoms with Gasteiger partial charge in [0.25, 0.3) is 0 Å². The summed E-state index contributed by atoms with van der Waals surface area (Å²) in [6, 6.07) is 28.8. The Hall–Kier alpha value is -3.07. The largest absolute Gasteiger partial charge is 0.464 e. The third-order valence-electron chi connectivity index (χ3n) is 6.34. The van der Waals surface area contributed by atoms with Gasteiger partial charge < -0.3 is 29.4 Å². The van der Waals surface area contributed by atoms with Crippen LogP contribution in [0.5, 0.6) is 0 Å². The van der Waals surface area contributed by atoms with Crippen LogP contribution in [0.1, 0.15) is 23.6 Å². The van der Waals surface area contributed by atoms with Gasteiger partial charge >= 0.3 is 5.97 Å². The van der Waals surface area contributed by atoms with E-state index < -0.39 is 30.3 Å². The van der Waals surface area contributed by atoms with Crippen LogP contribution in [0.25, 0.3) is 0 Å². The van der Waals surface area contributed by atoms with E-state index in [0.29, 0.717) is 26.4 Å². The molecule has 3 aromatic carbocycles. The van der Waals surface area contributed by atoms with Crippen molar-refractivity contribution in [2.75, 3.05) is 13.2 Å². The Balaban J connectivity index is 1.52. The van der Waals surface area contributed by atoms with E-state index in [2.05, 4.69) is 5.32 Å². The molecule has 196 valence electrons. The Morgan fingerprint density at radius 2 is 1.19 bits per heavy atom. The SMILES string of the molecule is CC(=O)OCC1NC(COCc2ccccc2)C(OCc2ccccc2)C(OCc2ccccc2)C1O. The van der Waals surface area contributed by atoms with Crippen LogP contribution in [0.3, 0.4) is 0 Å². The lowest BCUT2D eigenvalue weighted by Crippen LogP contribution is -2.68. The number of hydrogen-bond donors (Lipinski definition) is 2. The average Bonchev–Trinajstić information content (AvgIpc) is 2.93. The highest BCUT2D eigenvalue weighted by Crippen LogP contribution is 2.25. The monoisotopic (exact) mass is 505 g/mol. The molecular weight excluding hydrogens is 470 g/mol. The predicted molar refractivity (Wildman–Crippen MR) is 139 cm³/mol. The number of aliphatic hydroxyl groups excluding tert-OH is 1. The highest BCUT2D eigenvalue weighted by atomic mass is 16.6. The van der Waals surface area contributed by atoms with Crippen LogP contribution in [0, 0.1) is 0 Å². The van der Waals surface area contributed by atoms with Crippen molar-refractivity contribution in [3.63, 3.8) is 0 Å². The molecule has 37 heavy (non-hydrogen) atoms. The van der Waals surface area contributed by atoms with Crippen LogP contribution in [0.2, 0.25) is 0 Å². The normalized spacial score (nSPS) is 23.5. The predicted octanol–water partition coefficient (Wildman–Crippen LogP) is 3.64. The number of benzene rings is 3. The maximum atomic E-state index is 11.5. The molecular formula is C30H35NO6. The maximum Gasteiger partial charge on any atom is 0.302 e. The number of carbonyl (C=O) groups is 1. The van der Waals surface area contributed by atoms with Crippen LogP contribution < -0.4 is 5.32 Å². The first kappa shape index (κ1) is 27.0. The maximum absolute atomic E-state index is 11.5. The molecule has 0 aliphatic carbocycles. The summed E-state index contributed by atoms with van der Waals surface area (Å²) in [6.07, 6.45) is -2.14. The molecule has 1 saturated heterocycles. The molecule has 0 saturated carbocycles. The molecule has 0 aromatic heterocycles. The molecule has 1 fully saturated rings. The summed E-state index contributed by atoms with van der Waals surface area (Å²) in [5, 5.41) is 14.7. The van der Waals surface area contributed by atoms with Crippen molar-refractivity contribution >= 4 is 5.97 Å². The Bertz CT molecular complexity index is 1070. The van der Waals surface area contributed by atoms with E-state index in [-0.39, 0.29) is 12.6 Å². The molecule has 0 radical (unpaired) electrons. The molecule has 7 heteroatoms. The van der Waals surface area contributed by atoms with Crippen molar-refractivity contribution in [1.29, 1.82) is 0 Å². The summed E-state index contributed by atoms with van der Waals surface area (Å²) >= 11 is 0. The van der Waals surface area contributed by atoms with Crippen molar-refractivity contribution in [3.05, 3.63) is 108 Å².